The first-order valence-corrected chi connectivity index (χ1v) is 5.36. The number of carboxylic acids is 1. The lowest BCUT2D eigenvalue weighted by atomic mass is 10.0. The van der Waals surface area contributed by atoms with E-state index in [4.69, 9.17) is 5.11 Å². The van der Waals surface area contributed by atoms with Crippen molar-refractivity contribution >= 4 is 16.5 Å². The summed E-state index contributed by atoms with van der Waals surface area (Å²) in [7, 11) is -2.50. The maximum Gasteiger partial charge on any atom is 0.335 e. The molecule has 0 aliphatic heterocycles. The predicted octanol–water partition coefficient (Wildman–Crippen LogP) is 0.696. The lowest BCUT2D eigenvalue weighted by molar-refractivity contribution is 0.0695. The molecule has 0 amide bonds. The van der Waals surface area contributed by atoms with E-state index in [0.717, 1.165) is 0 Å². The van der Waals surface area contributed by atoms with Crippen LogP contribution in [0.3, 0.4) is 0 Å². The van der Waals surface area contributed by atoms with Gasteiger partial charge >= 0.3 is 16.5 Å². The van der Waals surface area contributed by atoms with Gasteiger partial charge in [-0.15, -0.1) is 0 Å². The van der Waals surface area contributed by atoms with E-state index in [1.807, 2.05) is 0 Å². The molecule has 0 unspecified atom stereocenters. The van der Waals surface area contributed by atoms with Crippen LogP contribution in [0.2, 0.25) is 0 Å². The predicted molar refractivity (Wildman–Crippen MR) is 55.0 cm³/mol. The van der Waals surface area contributed by atoms with Gasteiger partial charge in [-0.25, -0.2) is 4.79 Å². The van der Waals surface area contributed by atoms with Gasteiger partial charge in [-0.3, -0.25) is 0 Å². The molecule has 0 aliphatic rings. The topological polar surface area (TPSA) is 104 Å². The minimum absolute atomic E-state index is 0.0321. The van der Waals surface area contributed by atoms with Crippen molar-refractivity contribution in [2.75, 3.05) is 6.54 Å². The Kier molecular flexibility index (Phi) is 4.01. The van der Waals surface area contributed by atoms with Crippen LogP contribution in [0.4, 0.5) is 0 Å². The van der Waals surface area contributed by atoms with E-state index < -0.39 is 16.5 Å². The molecule has 0 heterocycles. The third kappa shape index (κ3) is 3.35. The molecule has 86 valence electrons. The molecule has 0 saturated heterocycles. The molecule has 0 aliphatic carbocycles. The van der Waals surface area contributed by atoms with E-state index in [2.05, 4.69) is 4.36 Å². The van der Waals surface area contributed by atoms with Crippen LogP contribution in [-0.4, -0.2) is 31.1 Å². The second-order valence-corrected chi connectivity index (χ2v) is 3.66. The van der Waals surface area contributed by atoms with Gasteiger partial charge in [0.1, 0.15) is 5.75 Å². The van der Waals surface area contributed by atoms with Crippen molar-refractivity contribution in [1.82, 2.24) is 0 Å². The molecule has 2 N–H and O–H groups in total. The number of benzene rings is 1. The highest BCUT2D eigenvalue weighted by Gasteiger charge is 2.10. The largest absolute Gasteiger partial charge is 0.508 e. The van der Waals surface area contributed by atoms with E-state index in [0.29, 0.717) is 5.56 Å². The summed E-state index contributed by atoms with van der Waals surface area (Å²) in [4.78, 5) is 10.8. The monoisotopic (exact) mass is 243 g/mol. The highest BCUT2D eigenvalue weighted by molar-refractivity contribution is 7.61. The van der Waals surface area contributed by atoms with Gasteiger partial charge in [0.15, 0.2) is 0 Å². The maximum absolute atomic E-state index is 10.8. The smallest absolute Gasteiger partial charge is 0.335 e. The molecular formula is C9H9NO5S. The average molecular weight is 243 g/mol. The van der Waals surface area contributed by atoms with Crippen LogP contribution in [-0.2, 0) is 16.9 Å². The van der Waals surface area contributed by atoms with Gasteiger partial charge < -0.3 is 10.2 Å². The van der Waals surface area contributed by atoms with Gasteiger partial charge in [-0.05, 0) is 30.2 Å². The summed E-state index contributed by atoms with van der Waals surface area (Å²) in [5.41, 5.74) is 0.381. The first-order chi connectivity index (χ1) is 7.50. The molecule has 0 atom stereocenters. The van der Waals surface area contributed by atoms with Crippen molar-refractivity contribution in [2.24, 2.45) is 4.36 Å². The minimum Gasteiger partial charge on any atom is -0.508 e. The highest BCUT2D eigenvalue weighted by atomic mass is 32.2. The van der Waals surface area contributed by atoms with Crippen LogP contribution >= 0.6 is 0 Å². The summed E-state index contributed by atoms with van der Waals surface area (Å²) in [6.07, 6.45) is 0.143. The standard InChI is InChI=1S/C9H9NO5S/c11-7-1-2-8(9(12)13)6(5-7)3-4-10-16(14)15/h1-2,5,11H,3-4H2,(H,12,13). The van der Waals surface area contributed by atoms with Crippen LogP contribution < -0.4 is 0 Å². The summed E-state index contributed by atoms with van der Waals surface area (Å²) in [6, 6.07) is 3.81. The van der Waals surface area contributed by atoms with Gasteiger partial charge in [0.25, 0.3) is 0 Å². The normalized spacial score (nSPS) is 9.75. The number of carboxylic acid groups (broad SMARTS) is 1. The average Bonchev–Trinajstić information content (AvgIpc) is 2.16. The van der Waals surface area contributed by atoms with E-state index in [1.165, 1.54) is 18.2 Å². The second-order valence-electron chi connectivity index (χ2n) is 2.97. The number of aromatic carboxylic acids is 1. The highest BCUT2D eigenvalue weighted by Crippen LogP contribution is 2.17. The number of aromatic hydroxyl groups is 1. The van der Waals surface area contributed by atoms with Crippen LogP contribution in [0.15, 0.2) is 22.6 Å². The first-order valence-electron chi connectivity index (χ1n) is 4.33. The van der Waals surface area contributed by atoms with E-state index in [1.54, 1.807) is 0 Å². The van der Waals surface area contributed by atoms with Crippen molar-refractivity contribution in [3.8, 4) is 5.75 Å². The van der Waals surface area contributed by atoms with Crippen molar-refractivity contribution in [1.29, 1.82) is 0 Å². The van der Waals surface area contributed by atoms with Crippen LogP contribution in [0.25, 0.3) is 0 Å². The molecule has 16 heavy (non-hydrogen) atoms. The van der Waals surface area contributed by atoms with Crippen LogP contribution in [0, 0.1) is 0 Å². The third-order valence-electron chi connectivity index (χ3n) is 1.90. The molecule has 0 radical (unpaired) electrons. The third-order valence-corrected chi connectivity index (χ3v) is 2.29. The summed E-state index contributed by atoms with van der Waals surface area (Å²) in [5, 5.41) is 18.0. The lowest BCUT2D eigenvalue weighted by Gasteiger charge is -2.04. The van der Waals surface area contributed by atoms with Crippen LogP contribution in [0.1, 0.15) is 15.9 Å². The number of phenolic OH excluding ortho intramolecular Hbond substituents is 1. The Morgan fingerprint density at radius 1 is 1.38 bits per heavy atom. The van der Waals surface area contributed by atoms with Gasteiger partial charge in [0, 0.05) is 0 Å². The Morgan fingerprint density at radius 3 is 2.62 bits per heavy atom. The van der Waals surface area contributed by atoms with Crippen molar-refractivity contribution in [3.05, 3.63) is 29.3 Å². The molecule has 6 nitrogen and oxygen atoms in total. The molecule has 1 aromatic rings. The number of nitrogens with zero attached hydrogens (tertiary/aromatic N) is 1. The fourth-order valence-electron chi connectivity index (χ4n) is 1.24. The SMILES string of the molecule is O=C(O)c1ccc(O)cc1CCN=S(=O)=O. The van der Waals surface area contributed by atoms with E-state index >= 15 is 0 Å². The van der Waals surface area contributed by atoms with Crippen LogP contribution in [0.5, 0.6) is 5.75 Å². The Labute approximate surface area is 92.9 Å². The summed E-state index contributed by atoms with van der Waals surface area (Å²) in [5.74, 6) is -1.19. The van der Waals surface area contributed by atoms with E-state index in [-0.39, 0.29) is 24.3 Å². The number of rotatable bonds is 4. The molecule has 7 heteroatoms. The number of hydrogen-bond donors (Lipinski definition) is 2. The number of phenols is 1. The Morgan fingerprint density at radius 2 is 2.06 bits per heavy atom. The van der Waals surface area contributed by atoms with Gasteiger partial charge in [-0.2, -0.15) is 12.8 Å². The summed E-state index contributed by atoms with van der Waals surface area (Å²) >= 11 is 0. The lowest BCUT2D eigenvalue weighted by Crippen LogP contribution is -2.03. The Bertz CT molecular complexity index is 527. The molecule has 0 spiro atoms. The quantitative estimate of drug-likeness (QED) is 0.809. The summed E-state index contributed by atoms with van der Waals surface area (Å²) in [6.45, 7) is -0.0418. The molecule has 1 aromatic carbocycles. The zero-order valence-corrected chi connectivity index (χ0v) is 8.94. The number of carbonyl (C=O) groups is 1. The molecule has 0 fully saturated rings. The second kappa shape index (κ2) is 5.26. The molecule has 0 aromatic heterocycles. The minimum atomic E-state index is -2.50. The molecule has 1 rings (SSSR count). The molecule has 0 bridgehead atoms. The number of hydrogen-bond acceptors (Lipinski definition) is 5. The maximum atomic E-state index is 10.8. The van der Waals surface area contributed by atoms with Gasteiger partial charge in [0.2, 0.25) is 0 Å². The van der Waals surface area contributed by atoms with Gasteiger partial charge in [0.05, 0.1) is 12.1 Å². The Balaban J connectivity index is 2.96. The Hall–Kier alpha value is -1.89. The first kappa shape index (κ1) is 12.2. The van der Waals surface area contributed by atoms with E-state index in [9.17, 15) is 18.3 Å². The van der Waals surface area contributed by atoms with Crippen molar-refractivity contribution in [2.45, 2.75) is 6.42 Å². The van der Waals surface area contributed by atoms with Gasteiger partial charge in [-0.1, -0.05) is 0 Å². The zero-order chi connectivity index (χ0) is 12.1. The van der Waals surface area contributed by atoms with Crippen molar-refractivity contribution < 1.29 is 23.4 Å². The fourth-order valence-corrected chi connectivity index (χ4v) is 1.48. The summed E-state index contributed by atoms with van der Waals surface area (Å²) < 4.78 is 23.5. The zero-order valence-electron chi connectivity index (χ0n) is 8.12. The van der Waals surface area contributed by atoms with Crippen molar-refractivity contribution in [3.63, 3.8) is 0 Å². The molecular weight excluding hydrogens is 234 g/mol. The fraction of sp³-hybridized carbons (Fsp3) is 0.222. The molecule has 0 saturated carbocycles.